The molecule has 0 aliphatic carbocycles. The number of hydrogen-bond acceptors (Lipinski definition) is 4. The molecule has 5 heteroatoms. The predicted octanol–water partition coefficient (Wildman–Crippen LogP) is 4.12. The highest BCUT2D eigenvalue weighted by atomic mass is 16.6. The van der Waals surface area contributed by atoms with Crippen LogP contribution in [0, 0.1) is 10.1 Å². The molecule has 0 saturated carbocycles. The summed E-state index contributed by atoms with van der Waals surface area (Å²) in [4.78, 5) is 21.3. The topological polar surface area (TPSA) is 69.4 Å². The standard InChI is InChI=1S/C15H29NO4/c1-15(2,3)20-14(17)12-10-8-6-4-5-7-9-11-13-16(18)19/h4-13H2,1-3H3. The number of hydrogen-bond donors (Lipinski definition) is 0. The predicted molar refractivity (Wildman–Crippen MR) is 79.3 cm³/mol. The van der Waals surface area contributed by atoms with Gasteiger partial charge in [0.25, 0.3) is 0 Å². The summed E-state index contributed by atoms with van der Waals surface area (Å²) in [6.07, 6.45) is 8.53. The van der Waals surface area contributed by atoms with E-state index < -0.39 is 0 Å². The van der Waals surface area contributed by atoms with Crippen LogP contribution < -0.4 is 0 Å². The molecule has 0 N–H and O–H groups in total. The number of nitro groups is 1. The molecule has 0 spiro atoms. The molecule has 0 atom stereocenters. The highest BCUT2D eigenvalue weighted by Gasteiger charge is 2.15. The Morgan fingerprint density at radius 1 is 0.950 bits per heavy atom. The molecule has 0 heterocycles. The van der Waals surface area contributed by atoms with Crippen LogP contribution in [0.4, 0.5) is 0 Å². The number of rotatable bonds is 11. The maximum absolute atomic E-state index is 11.4. The third-order valence-electron chi connectivity index (χ3n) is 2.89. The van der Waals surface area contributed by atoms with Crippen molar-refractivity contribution < 1.29 is 14.5 Å². The summed E-state index contributed by atoms with van der Waals surface area (Å²) in [6, 6.07) is 0. The molecule has 5 nitrogen and oxygen atoms in total. The second-order valence-electron chi connectivity index (χ2n) is 6.22. The van der Waals surface area contributed by atoms with Crippen LogP contribution >= 0.6 is 0 Å². The van der Waals surface area contributed by atoms with Crippen LogP contribution in [0.1, 0.15) is 78.6 Å². The third-order valence-corrected chi connectivity index (χ3v) is 2.89. The van der Waals surface area contributed by atoms with Crippen LogP contribution in [-0.4, -0.2) is 23.0 Å². The van der Waals surface area contributed by atoms with E-state index in [1.54, 1.807) is 0 Å². The van der Waals surface area contributed by atoms with E-state index in [0.29, 0.717) is 12.8 Å². The first-order valence-corrected chi connectivity index (χ1v) is 7.65. The summed E-state index contributed by atoms with van der Waals surface area (Å²) in [6.45, 7) is 5.73. The molecule has 0 bridgehead atoms. The maximum Gasteiger partial charge on any atom is 0.306 e. The molecular formula is C15H29NO4. The molecule has 0 aromatic heterocycles. The van der Waals surface area contributed by atoms with Crippen LogP contribution in [0.3, 0.4) is 0 Å². The minimum Gasteiger partial charge on any atom is -0.460 e. The average Bonchev–Trinajstić information content (AvgIpc) is 2.28. The first-order chi connectivity index (χ1) is 9.31. The van der Waals surface area contributed by atoms with E-state index in [9.17, 15) is 14.9 Å². The van der Waals surface area contributed by atoms with Gasteiger partial charge in [-0.25, -0.2) is 0 Å². The van der Waals surface area contributed by atoms with Crippen molar-refractivity contribution in [3.63, 3.8) is 0 Å². The Labute approximate surface area is 122 Å². The lowest BCUT2D eigenvalue weighted by atomic mass is 10.1. The van der Waals surface area contributed by atoms with E-state index in [-0.39, 0.29) is 23.0 Å². The monoisotopic (exact) mass is 287 g/mol. The molecule has 0 saturated heterocycles. The molecule has 0 unspecified atom stereocenters. The number of esters is 1. The van der Waals surface area contributed by atoms with Gasteiger partial charge in [-0.1, -0.05) is 32.1 Å². The molecule has 20 heavy (non-hydrogen) atoms. The molecular weight excluding hydrogens is 258 g/mol. The zero-order chi connectivity index (χ0) is 15.4. The van der Waals surface area contributed by atoms with Gasteiger partial charge in [0.1, 0.15) is 5.60 Å². The lowest BCUT2D eigenvalue weighted by molar-refractivity contribution is -0.480. The quantitative estimate of drug-likeness (QED) is 0.248. The Morgan fingerprint density at radius 2 is 1.40 bits per heavy atom. The molecule has 0 aromatic carbocycles. The van der Waals surface area contributed by atoms with Gasteiger partial charge in [0.15, 0.2) is 0 Å². The van der Waals surface area contributed by atoms with Crippen LogP contribution in [0.2, 0.25) is 0 Å². The van der Waals surface area contributed by atoms with Gasteiger partial charge in [0.2, 0.25) is 6.54 Å². The van der Waals surface area contributed by atoms with Crippen molar-refractivity contribution in [2.24, 2.45) is 0 Å². The number of unbranched alkanes of at least 4 members (excludes halogenated alkanes) is 7. The highest BCUT2D eigenvalue weighted by molar-refractivity contribution is 5.69. The lowest BCUT2D eigenvalue weighted by Crippen LogP contribution is -2.23. The molecule has 0 aliphatic rings. The summed E-state index contributed by atoms with van der Waals surface area (Å²) >= 11 is 0. The minimum absolute atomic E-state index is 0.0931. The van der Waals surface area contributed by atoms with Crippen LogP contribution in [0.15, 0.2) is 0 Å². The summed E-state index contributed by atoms with van der Waals surface area (Å²) in [5.41, 5.74) is -0.388. The first kappa shape index (κ1) is 18.9. The summed E-state index contributed by atoms with van der Waals surface area (Å²) in [5, 5.41) is 10.1. The van der Waals surface area contributed by atoms with Crippen molar-refractivity contribution in [2.75, 3.05) is 6.54 Å². The maximum atomic E-state index is 11.4. The van der Waals surface area contributed by atoms with E-state index in [1.165, 1.54) is 0 Å². The zero-order valence-electron chi connectivity index (χ0n) is 13.2. The van der Waals surface area contributed by atoms with Crippen LogP contribution in [0.5, 0.6) is 0 Å². The van der Waals surface area contributed by atoms with E-state index in [1.807, 2.05) is 20.8 Å². The molecule has 0 amide bonds. The van der Waals surface area contributed by atoms with Gasteiger partial charge in [0, 0.05) is 17.8 Å². The van der Waals surface area contributed by atoms with Gasteiger partial charge < -0.3 is 4.74 Å². The number of carbonyl (C=O) groups excluding carboxylic acids is 1. The largest absolute Gasteiger partial charge is 0.460 e. The van der Waals surface area contributed by atoms with Gasteiger partial charge in [-0.15, -0.1) is 0 Å². The second kappa shape index (κ2) is 10.6. The Hall–Kier alpha value is -1.13. The van der Waals surface area contributed by atoms with Gasteiger partial charge in [0.05, 0.1) is 0 Å². The molecule has 0 rings (SSSR count). The SMILES string of the molecule is CC(C)(C)OC(=O)CCCCCCCCCC[N+](=O)[O-]. The molecule has 0 aliphatic heterocycles. The summed E-state index contributed by atoms with van der Waals surface area (Å²) in [5.74, 6) is -0.114. The fraction of sp³-hybridized carbons (Fsp3) is 0.933. The first-order valence-electron chi connectivity index (χ1n) is 7.65. The fourth-order valence-electron chi connectivity index (χ4n) is 1.96. The normalized spacial score (nSPS) is 11.3. The van der Waals surface area contributed by atoms with Gasteiger partial charge in [-0.2, -0.15) is 0 Å². The second-order valence-corrected chi connectivity index (χ2v) is 6.22. The molecule has 0 radical (unpaired) electrons. The Bertz CT molecular complexity index is 284. The summed E-state index contributed by atoms with van der Waals surface area (Å²) < 4.78 is 5.24. The van der Waals surface area contributed by atoms with Crippen LogP contribution in [-0.2, 0) is 9.53 Å². The third kappa shape index (κ3) is 14.9. The zero-order valence-corrected chi connectivity index (χ0v) is 13.2. The molecule has 0 fully saturated rings. The number of carbonyl (C=O) groups is 1. The Morgan fingerprint density at radius 3 is 1.85 bits per heavy atom. The molecule has 118 valence electrons. The highest BCUT2D eigenvalue weighted by Crippen LogP contribution is 2.12. The number of nitrogens with zero attached hydrogens (tertiary/aromatic N) is 1. The minimum atomic E-state index is -0.388. The Balaban J connectivity index is 3.25. The van der Waals surface area contributed by atoms with E-state index in [4.69, 9.17) is 4.74 Å². The van der Waals surface area contributed by atoms with E-state index in [2.05, 4.69) is 0 Å². The van der Waals surface area contributed by atoms with Crippen molar-refractivity contribution >= 4 is 5.97 Å². The van der Waals surface area contributed by atoms with Gasteiger partial charge in [-0.3, -0.25) is 14.9 Å². The van der Waals surface area contributed by atoms with Crippen molar-refractivity contribution in [1.29, 1.82) is 0 Å². The fourth-order valence-corrected chi connectivity index (χ4v) is 1.96. The smallest absolute Gasteiger partial charge is 0.306 e. The lowest BCUT2D eigenvalue weighted by Gasteiger charge is -2.19. The van der Waals surface area contributed by atoms with Gasteiger partial charge >= 0.3 is 5.97 Å². The van der Waals surface area contributed by atoms with E-state index >= 15 is 0 Å². The summed E-state index contributed by atoms with van der Waals surface area (Å²) in [7, 11) is 0. The molecule has 0 aromatic rings. The average molecular weight is 287 g/mol. The van der Waals surface area contributed by atoms with Crippen molar-refractivity contribution in [2.45, 2.75) is 84.2 Å². The van der Waals surface area contributed by atoms with Crippen LogP contribution in [0.25, 0.3) is 0 Å². The van der Waals surface area contributed by atoms with Gasteiger partial charge in [-0.05, 0) is 33.6 Å². The number of ether oxygens (including phenoxy) is 1. The van der Waals surface area contributed by atoms with Crippen molar-refractivity contribution in [1.82, 2.24) is 0 Å². The van der Waals surface area contributed by atoms with Crippen molar-refractivity contribution in [3.8, 4) is 0 Å². The Kier molecular flexibility index (Phi) is 10.0. The van der Waals surface area contributed by atoms with E-state index in [0.717, 1.165) is 44.9 Å². The van der Waals surface area contributed by atoms with Crippen molar-refractivity contribution in [3.05, 3.63) is 10.1 Å².